The van der Waals surface area contributed by atoms with Crippen molar-refractivity contribution >= 4 is 27.3 Å². The Balaban J connectivity index is 1.98. The molecule has 0 saturated carbocycles. The number of aryl methyl sites for hydroxylation is 3. The second-order valence-corrected chi connectivity index (χ2v) is 9.00. The molecule has 0 aromatic heterocycles. The number of carbonyl (C=O) groups excluding carboxylic acids is 1. The average molecular weight is 409 g/mol. The lowest BCUT2D eigenvalue weighted by Crippen LogP contribution is -2.29. The zero-order chi connectivity index (χ0) is 21.2. The number of rotatable bonds is 5. The van der Waals surface area contributed by atoms with Crippen molar-refractivity contribution in [1.82, 2.24) is 0 Å². The minimum absolute atomic E-state index is 0.169. The third kappa shape index (κ3) is 4.17. The van der Waals surface area contributed by atoms with E-state index in [1.54, 1.807) is 42.5 Å². The number of para-hydroxylation sites is 1. The Bertz CT molecular complexity index is 1130. The monoisotopic (exact) mass is 408 g/mol. The van der Waals surface area contributed by atoms with E-state index in [-0.39, 0.29) is 16.4 Å². The van der Waals surface area contributed by atoms with Crippen molar-refractivity contribution in [2.75, 3.05) is 16.7 Å². The van der Waals surface area contributed by atoms with Crippen molar-refractivity contribution in [3.8, 4) is 0 Å². The van der Waals surface area contributed by atoms with Crippen molar-refractivity contribution in [2.45, 2.75) is 25.7 Å². The van der Waals surface area contributed by atoms with Crippen LogP contribution in [0.3, 0.4) is 0 Å². The lowest BCUT2D eigenvalue weighted by Gasteiger charge is -2.22. The van der Waals surface area contributed by atoms with Gasteiger partial charge in [-0.1, -0.05) is 48.0 Å². The molecule has 0 radical (unpaired) electrons. The molecule has 0 saturated heterocycles. The maximum absolute atomic E-state index is 13.1. The molecule has 3 aromatic rings. The lowest BCUT2D eigenvalue weighted by molar-refractivity contribution is 0.102. The Morgan fingerprint density at radius 3 is 2.03 bits per heavy atom. The molecule has 0 aliphatic carbocycles. The molecule has 0 fully saturated rings. The molecule has 1 amide bonds. The van der Waals surface area contributed by atoms with Gasteiger partial charge in [-0.2, -0.15) is 0 Å². The number of sulfonamides is 1. The Kier molecular flexibility index (Phi) is 5.75. The molecule has 1 N–H and O–H groups in total. The SMILES string of the molecule is Cc1cc(C)c(NC(=O)c2ccccc2N(C)S(=O)(=O)c2ccccc2)c(C)c1. The molecule has 0 unspecified atom stereocenters. The molecule has 6 heteroatoms. The lowest BCUT2D eigenvalue weighted by atomic mass is 10.0. The highest BCUT2D eigenvalue weighted by molar-refractivity contribution is 7.92. The Morgan fingerprint density at radius 2 is 1.41 bits per heavy atom. The van der Waals surface area contributed by atoms with Gasteiger partial charge in [0, 0.05) is 12.7 Å². The number of anilines is 2. The summed E-state index contributed by atoms with van der Waals surface area (Å²) in [6.45, 7) is 5.88. The summed E-state index contributed by atoms with van der Waals surface area (Å²) in [4.78, 5) is 13.2. The highest BCUT2D eigenvalue weighted by atomic mass is 32.2. The van der Waals surface area contributed by atoms with Crippen LogP contribution in [0.1, 0.15) is 27.0 Å². The predicted octanol–water partition coefficient (Wildman–Crippen LogP) is 4.69. The quantitative estimate of drug-likeness (QED) is 0.666. The van der Waals surface area contributed by atoms with Crippen molar-refractivity contribution in [2.24, 2.45) is 0 Å². The molecule has 3 rings (SSSR count). The van der Waals surface area contributed by atoms with E-state index in [4.69, 9.17) is 0 Å². The van der Waals surface area contributed by atoms with Gasteiger partial charge in [-0.3, -0.25) is 9.10 Å². The van der Waals surface area contributed by atoms with Gasteiger partial charge in [0.1, 0.15) is 0 Å². The topological polar surface area (TPSA) is 66.5 Å². The molecule has 29 heavy (non-hydrogen) atoms. The molecule has 0 atom stereocenters. The molecule has 0 aliphatic rings. The molecule has 0 aliphatic heterocycles. The van der Waals surface area contributed by atoms with Crippen LogP contribution in [0, 0.1) is 20.8 Å². The maximum atomic E-state index is 13.1. The van der Waals surface area contributed by atoms with Gasteiger partial charge < -0.3 is 5.32 Å². The molecule has 0 spiro atoms. The number of benzene rings is 3. The van der Waals surface area contributed by atoms with E-state index < -0.39 is 10.0 Å². The van der Waals surface area contributed by atoms with Crippen molar-refractivity contribution in [3.05, 3.63) is 89.0 Å². The van der Waals surface area contributed by atoms with Crippen molar-refractivity contribution in [1.29, 1.82) is 0 Å². The number of carbonyl (C=O) groups is 1. The molecular weight excluding hydrogens is 384 g/mol. The van der Waals surface area contributed by atoms with Crippen LogP contribution in [0.5, 0.6) is 0 Å². The van der Waals surface area contributed by atoms with Crippen molar-refractivity contribution in [3.63, 3.8) is 0 Å². The largest absolute Gasteiger partial charge is 0.321 e. The van der Waals surface area contributed by atoms with E-state index in [2.05, 4.69) is 5.32 Å². The first kappa shape index (κ1) is 20.6. The minimum atomic E-state index is -3.79. The third-order valence-corrected chi connectivity index (χ3v) is 6.59. The fourth-order valence-electron chi connectivity index (χ4n) is 3.38. The van der Waals surface area contributed by atoms with Gasteiger partial charge in [0.25, 0.3) is 15.9 Å². The summed E-state index contributed by atoms with van der Waals surface area (Å²) in [6.07, 6.45) is 0. The molecule has 0 heterocycles. The van der Waals surface area contributed by atoms with Crippen LogP contribution in [0.2, 0.25) is 0 Å². The zero-order valence-corrected chi connectivity index (χ0v) is 17.7. The molecular formula is C23H24N2O3S. The number of nitrogens with one attached hydrogen (secondary N) is 1. The van der Waals surface area contributed by atoms with Gasteiger partial charge in [-0.05, 0) is 56.2 Å². The second kappa shape index (κ2) is 8.09. The van der Waals surface area contributed by atoms with Crippen LogP contribution in [-0.4, -0.2) is 21.4 Å². The van der Waals surface area contributed by atoms with Gasteiger partial charge in [0.05, 0.1) is 16.1 Å². The van der Waals surface area contributed by atoms with Gasteiger partial charge in [0.2, 0.25) is 0 Å². The Hall–Kier alpha value is -3.12. The molecule has 0 bridgehead atoms. The summed E-state index contributed by atoms with van der Waals surface area (Å²) >= 11 is 0. The van der Waals surface area contributed by atoms with Crippen molar-refractivity contribution < 1.29 is 13.2 Å². The van der Waals surface area contributed by atoms with Crippen LogP contribution < -0.4 is 9.62 Å². The van der Waals surface area contributed by atoms with Gasteiger partial charge >= 0.3 is 0 Å². The van der Waals surface area contributed by atoms with E-state index in [0.717, 1.165) is 26.7 Å². The first-order valence-electron chi connectivity index (χ1n) is 9.24. The number of hydrogen-bond acceptors (Lipinski definition) is 3. The summed E-state index contributed by atoms with van der Waals surface area (Å²) in [7, 11) is -2.33. The summed E-state index contributed by atoms with van der Waals surface area (Å²) in [5, 5.41) is 2.95. The van der Waals surface area contributed by atoms with E-state index in [1.165, 1.54) is 19.2 Å². The first-order chi connectivity index (χ1) is 13.7. The fraction of sp³-hybridized carbons (Fsp3) is 0.174. The predicted molar refractivity (Wildman–Crippen MR) is 117 cm³/mol. The summed E-state index contributed by atoms with van der Waals surface area (Å²) in [5.41, 5.74) is 4.37. The van der Waals surface area contributed by atoms with Crippen LogP contribution >= 0.6 is 0 Å². The Morgan fingerprint density at radius 1 is 0.862 bits per heavy atom. The van der Waals surface area contributed by atoms with E-state index in [0.29, 0.717) is 5.69 Å². The highest BCUT2D eigenvalue weighted by Gasteiger charge is 2.25. The van der Waals surface area contributed by atoms with E-state index in [9.17, 15) is 13.2 Å². The third-order valence-electron chi connectivity index (χ3n) is 4.81. The molecule has 3 aromatic carbocycles. The minimum Gasteiger partial charge on any atom is -0.321 e. The highest BCUT2D eigenvalue weighted by Crippen LogP contribution is 2.28. The second-order valence-electron chi connectivity index (χ2n) is 7.03. The van der Waals surface area contributed by atoms with E-state index >= 15 is 0 Å². The molecule has 5 nitrogen and oxygen atoms in total. The van der Waals surface area contributed by atoms with Crippen LogP contribution in [-0.2, 0) is 10.0 Å². The molecule has 150 valence electrons. The number of hydrogen-bond donors (Lipinski definition) is 1. The fourth-order valence-corrected chi connectivity index (χ4v) is 4.61. The van der Waals surface area contributed by atoms with Crippen LogP contribution in [0.25, 0.3) is 0 Å². The number of amides is 1. The standard InChI is InChI=1S/C23H24N2O3S/c1-16-14-17(2)22(18(3)15-16)24-23(26)20-12-8-9-13-21(20)25(4)29(27,28)19-10-6-5-7-11-19/h5-15H,1-4H3,(H,24,26). The van der Waals surface area contributed by atoms with Gasteiger partial charge in [0.15, 0.2) is 0 Å². The van der Waals surface area contributed by atoms with Crippen LogP contribution in [0.4, 0.5) is 11.4 Å². The summed E-state index contributed by atoms with van der Waals surface area (Å²) in [6, 6.07) is 18.9. The smallest absolute Gasteiger partial charge is 0.264 e. The zero-order valence-electron chi connectivity index (χ0n) is 16.9. The summed E-state index contributed by atoms with van der Waals surface area (Å²) in [5.74, 6) is -0.356. The van der Waals surface area contributed by atoms with Gasteiger partial charge in [-0.15, -0.1) is 0 Å². The van der Waals surface area contributed by atoms with Crippen LogP contribution in [0.15, 0.2) is 71.6 Å². The Labute approximate surface area is 172 Å². The normalized spacial score (nSPS) is 11.2. The number of nitrogens with zero attached hydrogens (tertiary/aromatic N) is 1. The maximum Gasteiger partial charge on any atom is 0.264 e. The van der Waals surface area contributed by atoms with Gasteiger partial charge in [-0.25, -0.2) is 8.42 Å². The van der Waals surface area contributed by atoms with E-state index in [1.807, 2.05) is 32.9 Å². The first-order valence-corrected chi connectivity index (χ1v) is 10.7. The average Bonchev–Trinajstić information content (AvgIpc) is 2.70. The summed E-state index contributed by atoms with van der Waals surface area (Å²) < 4.78 is 27.2.